The Morgan fingerprint density at radius 3 is 2.80 bits per heavy atom. The van der Waals surface area contributed by atoms with E-state index in [9.17, 15) is 0 Å². The molecule has 2 aromatic rings. The van der Waals surface area contributed by atoms with E-state index >= 15 is 0 Å². The number of imidazole rings is 1. The van der Waals surface area contributed by atoms with Gasteiger partial charge in [0, 0.05) is 13.2 Å². The second kappa shape index (κ2) is 3.86. The van der Waals surface area contributed by atoms with Gasteiger partial charge in [0.1, 0.15) is 11.0 Å². The second-order valence-electron chi connectivity index (χ2n) is 3.12. The van der Waals surface area contributed by atoms with E-state index in [0.29, 0.717) is 17.5 Å². The zero-order chi connectivity index (χ0) is 11.0. The first-order valence-corrected chi connectivity index (χ1v) is 5.39. The molecule has 0 amide bonds. The molecule has 0 aliphatic rings. The van der Waals surface area contributed by atoms with Crippen LogP contribution in [0.3, 0.4) is 0 Å². The van der Waals surface area contributed by atoms with Crippen molar-refractivity contribution in [1.29, 1.82) is 0 Å². The molecule has 0 unspecified atom stereocenters. The van der Waals surface area contributed by atoms with Crippen LogP contribution in [0.5, 0.6) is 0 Å². The Morgan fingerprint density at radius 1 is 1.60 bits per heavy atom. The van der Waals surface area contributed by atoms with Crippen LogP contribution in [0, 0.1) is 0 Å². The van der Waals surface area contributed by atoms with Crippen LogP contribution in [0.15, 0.2) is 16.9 Å². The Balaban J connectivity index is 2.25. The minimum absolute atomic E-state index is 0.468. The molecule has 0 aliphatic heterocycles. The molecular weight excluding hydrogens is 281 g/mol. The Labute approximate surface area is 100.0 Å². The summed E-state index contributed by atoms with van der Waals surface area (Å²) < 4.78 is 4.29. The van der Waals surface area contributed by atoms with Crippen LogP contribution in [0.25, 0.3) is 0 Å². The summed E-state index contributed by atoms with van der Waals surface area (Å²) in [6, 6.07) is 0. The van der Waals surface area contributed by atoms with Crippen molar-refractivity contribution in [2.24, 2.45) is 7.05 Å². The third-order valence-electron chi connectivity index (χ3n) is 2.07. The highest BCUT2D eigenvalue weighted by atomic mass is 79.9. The molecule has 0 atom stereocenters. The van der Waals surface area contributed by atoms with E-state index in [4.69, 9.17) is 17.3 Å². The number of rotatable bonds is 2. The molecule has 0 bridgehead atoms. The fourth-order valence-corrected chi connectivity index (χ4v) is 1.67. The van der Waals surface area contributed by atoms with E-state index in [2.05, 4.69) is 26.0 Å². The first-order chi connectivity index (χ1) is 7.08. The fraction of sp³-hybridized carbons (Fsp3) is 0.250. The number of nitrogens with two attached hydrogens (primary N) is 1. The number of nitrogen functional groups attached to an aromatic ring is 1. The van der Waals surface area contributed by atoms with Crippen LogP contribution < -0.4 is 5.73 Å². The largest absolute Gasteiger partial charge is 0.381 e. The lowest BCUT2D eigenvalue weighted by atomic mass is 10.6. The van der Waals surface area contributed by atoms with Gasteiger partial charge in [0.05, 0.1) is 17.2 Å². The summed E-state index contributed by atoms with van der Waals surface area (Å²) in [6.45, 7) is 0.541. The minimum atomic E-state index is 0.468. The summed E-state index contributed by atoms with van der Waals surface area (Å²) >= 11 is 9.16. The van der Waals surface area contributed by atoms with Gasteiger partial charge in [0.2, 0.25) is 0 Å². The topological polar surface area (TPSA) is 61.7 Å². The minimum Gasteiger partial charge on any atom is -0.381 e. The Bertz CT molecular complexity index is 470. The SMILES string of the molecule is Cn1c(Cl)cnc1Cn1cc(Br)c(N)n1. The third-order valence-corrected chi connectivity index (χ3v) is 3.04. The standard InChI is InChI=1S/C8H9BrClN5/c1-14-6(10)2-12-7(14)4-15-3-5(9)8(11)13-15/h2-3H,4H2,1H3,(H2,11,13). The molecule has 0 saturated carbocycles. The van der Waals surface area contributed by atoms with Crippen molar-refractivity contribution in [3.8, 4) is 0 Å². The van der Waals surface area contributed by atoms with Crippen molar-refractivity contribution in [3.05, 3.63) is 27.8 Å². The van der Waals surface area contributed by atoms with Crippen molar-refractivity contribution in [3.63, 3.8) is 0 Å². The quantitative estimate of drug-likeness (QED) is 0.915. The number of aromatic nitrogens is 4. The Hall–Kier alpha value is -1.01. The van der Waals surface area contributed by atoms with E-state index in [0.717, 1.165) is 10.3 Å². The molecule has 2 N–H and O–H groups in total. The van der Waals surface area contributed by atoms with E-state index in [1.54, 1.807) is 21.6 Å². The summed E-state index contributed by atoms with van der Waals surface area (Å²) in [5, 5.41) is 4.71. The second-order valence-corrected chi connectivity index (χ2v) is 4.36. The van der Waals surface area contributed by atoms with Gasteiger partial charge in [-0.1, -0.05) is 11.6 Å². The molecule has 80 valence electrons. The molecule has 15 heavy (non-hydrogen) atoms. The van der Waals surface area contributed by atoms with Gasteiger partial charge in [-0.2, -0.15) is 5.10 Å². The lowest BCUT2D eigenvalue weighted by Gasteiger charge is -2.02. The molecule has 0 saturated heterocycles. The average Bonchev–Trinajstić information content (AvgIpc) is 2.65. The van der Waals surface area contributed by atoms with Crippen LogP contribution in [0.2, 0.25) is 5.15 Å². The van der Waals surface area contributed by atoms with E-state index in [-0.39, 0.29) is 0 Å². The summed E-state index contributed by atoms with van der Waals surface area (Å²) in [4.78, 5) is 4.16. The molecule has 0 spiro atoms. The average molecular weight is 291 g/mol. The van der Waals surface area contributed by atoms with Crippen molar-refractivity contribution < 1.29 is 0 Å². The van der Waals surface area contributed by atoms with Crippen molar-refractivity contribution >= 4 is 33.3 Å². The number of halogens is 2. The van der Waals surface area contributed by atoms with Gasteiger partial charge in [-0.15, -0.1) is 0 Å². The molecule has 2 aromatic heterocycles. The Kier molecular flexibility index (Phi) is 2.70. The van der Waals surface area contributed by atoms with Gasteiger partial charge >= 0.3 is 0 Å². The number of hydrogen-bond acceptors (Lipinski definition) is 3. The summed E-state index contributed by atoms with van der Waals surface area (Å²) in [5.74, 6) is 1.30. The van der Waals surface area contributed by atoms with Crippen molar-refractivity contribution in [2.75, 3.05) is 5.73 Å². The van der Waals surface area contributed by atoms with Crippen LogP contribution in [0.4, 0.5) is 5.82 Å². The highest BCUT2D eigenvalue weighted by Crippen LogP contribution is 2.17. The Morgan fingerprint density at radius 2 is 2.33 bits per heavy atom. The smallest absolute Gasteiger partial charge is 0.159 e. The molecule has 2 rings (SSSR count). The highest BCUT2D eigenvalue weighted by Gasteiger charge is 2.07. The highest BCUT2D eigenvalue weighted by molar-refractivity contribution is 9.10. The number of nitrogens with zero attached hydrogens (tertiary/aromatic N) is 4. The third kappa shape index (κ3) is 2.00. The fourth-order valence-electron chi connectivity index (χ4n) is 1.21. The van der Waals surface area contributed by atoms with Crippen molar-refractivity contribution in [2.45, 2.75) is 6.54 Å². The first-order valence-electron chi connectivity index (χ1n) is 4.22. The van der Waals surface area contributed by atoms with Gasteiger partial charge in [-0.05, 0) is 15.9 Å². The van der Waals surface area contributed by atoms with E-state index in [1.807, 2.05) is 7.05 Å². The normalized spacial score (nSPS) is 10.9. The summed E-state index contributed by atoms with van der Waals surface area (Å²) in [6.07, 6.45) is 3.41. The zero-order valence-electron chi connectivity index (χ0n) is 7.98. The van der Waals surface area contributed by atoms with Crippen LogP contribution in [-0.2, 0) is 13.6 Å². The van der Waals surface area contributed by atoms with Gasteiger partial charge in [0.25, 0.3) is 0 Å². The number of anilines is 1. The molecule has 5 nitrogen and oxygen atoms in total. The monoisotopic (exact) mass is 289 g/mol. The lowest BCUT2D eigenvalue weighted by molar-refractivity contribution is 0.634. The summed E-state index contributed by atoms with van der Waals surface area (Å²) in [5.41, 5.74) is 5.61. The van der Waals surface area contributed by atoms with E-state index in [1.165, 1.54) is 0 Å². The van der Waals surface area contributed by atoms with Crippen molar-refractivity contribution in [1.82, 2.24) is 19.3 Å². The van der Waals surface area contributed by atoms with Gasteiger partial charge in [-0.3, -0.25) is 4.68 Å². The molecule has 0 fully saturated rings. The van der Waals surface area contributed by atoms with Gasteiger partial charge in [0.15, 0.2) is 5.82 Å². The molecule has 2 heterocycles. The molecule has 7 heteroatoms. The maximum atomic E-state index is 5.87. The first kappa shape index (κ1) is 10.5. The predicted octanol–water partition coefficient (Wildman–Crippen LogP) is 1.66. The van der Waals surface area contributed by atoms with Gasteiger partial charge < -0.3 is 10.3 Å². The zero-order valence-corrected chi connectivity index (χ0v) is 10.3. The molecule has 0 aliphatic carbocycles. The van der Waals surface area contributed by atoms with Gasteiger partial charge in [-0.25, -0.2) is 4.98 Å². The van der Waals surface area contributed by atoms with Crippen LogP contribution >= 0.6 is 27.5 Å². The van der Waals surface area contributed by atoms with Crippen LogP contribution in [-0.4, -0.2) is 19.3 Å². The lowest BCUT2D eigenvalue weighted by Crippen LogP contribution is -2.06. The molecular formula is C8H9BrClN5. The maximum Gasteiger partial charge on any atom is 0.159 e. The predicted molar refractivity (Wildman–Crippen MR) is 61.7 cm³/mol. The molecule has 0 radical (unpaired) electrons. The van der Waals surface area contributed by atoms with E-state index < -0.39 is 0 Å². The summed E-state index contributed by atoms with van der Waals surface area (Å²) in [7, 11) is 1.85. The molecule has 0 aromatic carbocycles. The maximum absolute atomic E-state index is 5.87. The number of hydrogen-bond donors (Lipinski definition) is 1. The van der Waals surface area contributed by atoms with Crippen LogP contribution in [0.1, 0.15) is 5.82 Å².